The van der Waals surface area contributed by atoms with Crippen molar-refractivity contribution >= 4 is 32.5 Å². The molecule has 0 saturated carbocycles. The molecule has 4 aromatic rings. The number of fused-ring (bicyclic) bond motifs is 1. The first kappa shape index (κ1) is 18.0. The highest BCUT2D eigenvalue weighted by Gasteiger charge is 2.28. The van der Waals surface area contributed by atoms with Crippen LogP contribution in [0.4, 0.5) is 11.6 Å². The quantitative estimate of drug-likeness (QED) is 0.523. The first-order valence-electron chi connectivity index (χ1n) is 8.43. The third-order valence-corrected chi connectivity index (χ3v) is 6.15. The molecule has 0 aliphatic heterocycles. The third-order valence-electron chi connectivity index (χ3n) is 4.31. The summed E-state index contributed by atoms with van der Waals surface area (Å²) in [6.07, 6.45) is 1.32. The Morgan fingerprint density at radius 1 is 1.21 bits per heavy atom. The smallest absolute Gasteiger partial charge is 0.212 e. The topological polar surface area (TPSA) is 131 Å². The van der Waals surface area contributed by atoms with Crippen LogP contribution in [0.15, 0.2) is 57.0 Å². The van der Waals surface area contributed by atoms with Crippen molar-refractivity contribution in [3.05, 3.63) is 54.2 Å². The summed E-state index contributed by atoms with van der Waals surface area (Å²) in [5, 5.41) is 3.97. The van der Waals surface area contributed by atoms with Gasteiger partial charge in [-0.3, -0.25) is 0 Å². The number of rotatable bonds is 5. The Kier molecular flexibility index (Phi) is 4.27. The van der Waals surface area contributed by atoms with Gasteiger partial charge in [-0.1, -0.05) is 23.4 Å². The first-order valence-corrected chi connectivity index (χ1v) is 9.92. The summed E-state index contributed by atoms with van der Waals surface area (Å²) in [7, 11) is -2.03. The normalized spacial score (nSPS) is 11.8. The van der Waals surface area contributed by atoms with Gasteiger partial charge in [0.05, 0.1) is 11.4 Å². The first-order chi connectivity index (χ1) is 13.4. The molecule has 0 aliphatic carbocycles. The standard InChI is InChI=1S/C18H18N6O3S/c1-11-8-12(23-27-11)9-24(2)18-15-14(20-10-21-18)16(17(19)22-15)28(25,26)13-6-4-3-5-7-13/h3-8,10,22H,9,19H2,1-2H3. The van der Waals surface area contributed by atoms with E-state index in [0.717, 1.165) is 5.69 Å². The van der Waals surface area contributed by atoms with E-state index in [9.17, 15) is 8.42 Å². The molecule has 0 fully saturated rings. The monoisotopic (exact) mass is 398 g/mol. The van der Waals surface area contributed by atoms with Crippen molar-refractivity contribution in [3.63, 3.8) is 0 Å². The molecule has 0 bridgehead atoms. The van der Waals surface area contributed by atoms with E-state index in [2.05, 4.69) is 20.1 Å². The number of aromatic amines is 1. The maximum Gasteiger partial charge on any atom is 0.212 e. The summed E-state index contributed by atoms with van der Waals surface area (Å²) in [6, 6.07) is 9.93. The molecule has 144 valence electrons. The lowest BCUT2D eigenvalue weighted by molar-refractivity contribution is 0.390. The summed E-state index contributed by atoms with van der Waals surface area (Å²) in [5.74, 6) is 1.23. The average molecular weight is 398 g/mol. The number of nitrogens with zero attached hydrogens (tertiary/aromatic N) is 4. The Morgan fingerprint density at radius 2 is 1.96 bits per heavy atom. The molecule has 28 heavy (non-hydrogen) atoms. The number of H-pyrrole nitrogens is 1. The highest BCUT2D eigenvalue weighted by molar-refractivity contribution is 7.92. The zero-order valence-electron chi connectivity index (χ0n) is 15.2. The van der Waals surface area contributed by atoms with Crippen molar-refractivity contribution in [1.82, 2.24) is 20.1 Å². The van der Waals surface area contributed by atoms with E-state index in [1.807, 2.05) is 24.9 Å². The van der Waals surface area contributed by atoms with Gasteiger partial charge in [-0.15, -0.1) is 0 Å². The number of nitrogen functional groups attached to an aromatic ring is 1. The Labute approximate surface area is 161 Å². The van der Waals surface area contributed by atoms with Crippen LogP contribution in [0.3, 0.4) is 0 Å². The predicted octanol–water partition coefficient (Wildman–Crippen LogP) is 2.31. The second-order valence-corrected chi connectivity index (χ2v) is 8.28. The molecule has 3 heterocycles. The van der Waals surface area contributed by atoms with E-state index >= 15 is 0 Å². The maximum atomic E-state index is 13.1. The Hall–Kier alpha value is -3.40. The van der Waals surface area contributed by atoms with E-state index in [1.165, 1.54) is 18.5 Å². The molecule has 0 aliphatic rings. The minimum absolute atomic E-state index is 0.0197. The van der Waals surface area contributed by atoms with Crippen molar-refractivity contribution in [1.29, 1.82) is 0 Å². The van der Waals surface area contributed by atoms with Crippen LogP contribution in [0.25, 0.3) is 11.0 Å². The van der Waals surface area contributed by atoms with Gasteiger partial charge in [0.25, 0.3) is 0 Å². The van der Waals surface area contributed by atoms with Crippen molar-refractivity contribution in [2.75, 3.05) is 17.7 Å². The number of aryl methyl sites for hydroxylation is 1. The van der Waals surface area contributed by atoms with Crippen LogP contribution >= 0.6 is 0 Å². The molecule has 0 atom stereocenters. The molecule has 0 unspecified atom stereocenters. The van der Waals surface area contributed by atoms with Gasteiger partial charge in [0.2, 0.25) is 9.84 Å². The van der Waals surface area contributed by atoms with Crippen LogP contribution in [0.5, 0.6) is 0 Å². The largest absolute Gasteiger partial charge is 0.384 e. The second-order valence-electron chi connectivity index (χ2n) is 6.39. The minimum Gasteiger partial charge on any atom is -0.384 e. The fourth-order valence-corrected chi connectivity index (χ4v) is 4.57. The minimum atomic E-state index is -3.84. The van der Waals surface area contributed by atoms with Gasteiger partial charge in [0.15, 0.2) is 5.82 Å². The van der Waals surface area contributed by atoms with E-state index in [4.69, 9.17) is 10.3 Å². The third kappa shape index (κ3) is 2.97. The number of hydrogen-bond donors (Lipinski definition) is 2. The molecule has 0 amide bonds. The molecule has 0 saturated heterocycles. The van der Waals surface area contributed by atoms with Crippen LogP contribution in [0.1, 0.15) is 11.5 Å². The molecular formula is C18H18N6O3S. The molecule has 3 aromatic heterocycles. The van der Waals surface area contributed by atoms with Crippen molar-refractivity contribution in [3.8, 4) is 0 Å². The van der Waals surface area contributed by atoms with E-state index in [1.54, 1.807) is 18.2 Å². The average Bonchev–Trinajstić information content (AvgIpc) is 3.24. The molecule has 10 heteroatoms. The van der Waals surface area contributed by atoms with Gasteiger partial charge in [-0.25, -0.2) is 18.4 Å². The van der Waals surface area contributed by atoms with Gasteiger partial charge in [-0.05, 0) is 19.1 Å². The van der Waals surface area contributed by atoms with Crippen LogP contribution in [0, 0.1) is 6.92 Å². The molecule has 3 N–H and O–H groups in total. The lowest BCUT2D eigenvalue weighted by Crippen LogP contribution is -2.18. The molecule has 1 aromatic carbocycles. The molecule has 0 spiro atoms. The number of anilines is 2. The maximum absolute atomic E-state index is 13.1. The summed E-state index contributed by atoms with van der Waals surface area (Å²) < 4.78 is 31.3. The Balaban J connectivity index is 1.82. The van der Waals surface area contributed by atoms with Crippen LogP contribution in [-0.4, -0.2) is 35.6 Å². The van der Waals surface area contributed by atoms with Crippen LogP contribution < -0.4 is 10.6 Å². The number of nitrogens with one attached hydrogen (secondary N) is 1. The second kappa shape index (κ2) is 6.64. The number of hydrogen-bond acceptors (Lipinski definition) is 8. The van der Waals surface area contributed by atoms with Crippen molar-refractivity contribution in [2.45, 2.75) is 23.3 Å². The Bertz CT molecular complexity index is 1250. The predicted molar refractivity (Wildman–Crippen MR) is 104 cm³/mol. The number of sulfone groups is 1. The summed E-state index contributed by atoms with van der Waals surface area (Å²) in [5.41, 5.74) is 7.47. The van der Waals surface area contributed by atoms with Crippen molar-refractivity contribution in [2.24, 2.45) is 0 Å². The highest BCUT2D eigenvalue weighted by atomic mass is 32.2. The van der Waals surface area contributed by atoms with Crippen LogP contribution in [0.2, 0.25) is 0 Å². The molecule has 9 nitrogen and oxygen atoms in total. The fraction of sp³-hybridized carbons (Fsp3) is 0.167. The number of nitrogens with two attached hydrogens (primary N) is 1. The lowest BCUT2D eigenvalue weighted by atomic mass is 10.3. The number of aromatic nitrogens is 4. The van der Waals surface area contributed by atoms with Gasteiger partial charge in [-0.2, -0.15) is 0 Å². The summed E-state index contributed by atoms with van der Waals surface area (Å²) in [4.78, 5) is 13.3. The lowest BCUT2D eigenvalue weighted by Gasteiger charge is -2.16. The number of benzene rings is 1. The Morgan fingerprint density at radius 3 is 2.64 bits per heavy atom. The van der Waals surface area contributed by atoms with Gasteiger partial charge < -0.3 is 20.1 Å². The van der Waals surface area contributed by atoms with E-state index < -0.39 is 9.84 Å². The molecule has 4 rings (SSSR count). The van der Waals surface area contributed by atoms with Crippen molar-refractivity contribution < 1.29 is 12.9 Å². The SMILES string of the molecule is Cc1cc(CN(C)c2ncnc3c(S(=O)(=O)c4ccccc4)c(N)[nH]c23)no1. The zero-order chi connectivity index (χ0) is 19.9. The van der Waals surface area contributed by atoms with Crippen LogP contribution in [-0.2, 0) is 16.4 Å². The fourth-order valence-electron chi connectivity index (χ4n) is 3.07. The summed E-state index contributed by atoms with van der Waals surface area (Å²) in [6.45, 7) is 2.23. The van der Waals surface area contributed by atoms with E-state index in [-0.39, 0.29) is 21.1 Å². The van der Waals surface area contributed by atoms with Gasteiger partial charge in [0, 0.05) is 13.1 Å². The van der Waals surface area contributed by atoms with Gasteiger partial charge in [0.1, 0.15) is 39.5 Å². The van der Waals surface area contributed by atoms with E-state index in [0.29, 0.717) is 23.6 Å². The summed E-state index contributed by atoms with van der Waals surface area (Å²) >= 11 is 0. The highest BCUT2D eigenvalue weighted by Crippen LogP contribution is 2.35. The zero-order valence-corrected chi connectivity index (χ0v) is 16.1. The molecule has 0 radical (unpaired) electrons. The van der Waals surface area contributed by atoms with Gasteiger partial charge >= 0.3 is 0 Å². The molecular weight excluding hydrogens is 380 g/mol.